The van der Waals surface area contributed by atoms with Gasteiger partial charge in [-0.1, -0.05) is 54.6 Å². The van der Waals surface area contributed by atoms with Gasteiger partial charge in [0, 0.05) is 23.6 Å². The lowest BCUT2D eigenvalue weighted by Crippen LogP contribution is -2.17. The number of amides is 1. The van der Waals surface area contributed by atoms with E-state index in [1.165, 1.54) is 24.4 Å². The van der Waals surface area contributed by atoms with Gasteiger partial charge >= 0.3 is 6.36 Å². The summed E-state index contributed by atoms with van der Waals surface area (Å²) in [7, 11) is 0. The van der Waals surface area contributed by atoms with E-state index in [1.54, 1.807) is 42.6 Å². The lowest BCUT2D eigenvalue weighted by atomic mass is 10.0. The van der Waals surface area contributed by atoms with E-state index in [0.29, 0.717) is 22.4 Å². The fourth-order valence-electron chi connectivity index (χ4n) is 3.21. The summed E-state index contributed by atoms with van der Waals surface area (Å²) in [5.41, 5.74) is 3.80. The molecule has 4 rings (SSSR count). The highest BCUT2D eigenvalue weighted by molar-refractivity contribution is 6.05. The SMILES string of the molecule is O=C(Nc1cccc(-c2cccc(OC(F)(F)F)c2)c1)c1cncc(-c2ccccc2)c1. The Labute approximate surface area is 182 Å². The first kappa shape index (κ1) is 21.1. The van der Waals surface area contributed by atoms with Crippen LogP contribution in [0.15, 0.2) is 97.3 Å². The number of anilines is 1. The molecule has 1 heterocycles. The van der Waals surface area contributed by atoms with Crippen LogP contribution in [-0.4, -0.2) is 17.3 Å². The predicted octanol–water partition coefficient (Wildman–Crippen LogP) is 6.57. The number of ether oxygens (including phenoxy) is 1. The van der Waals surface area contributed by atoms with E-state index in [9.17, 15) is 18.0 Å². The van der Waals surface area contributed by atoms with Gasteiger partial charge in [-0.15, -0.1) is 13.2 Å². The molecule has 0 bridgehead atoms. The predicted molar refractivity (Wildman–Crippen MR) is 116 cm³/mol. The maximum Gasteiger partial charge on any atom is 0.573 e. The molecule has 4 aromatic rings. The second kappa shape index (κ2) is 8.93. The number of alkyl halides is 3. The minimum atomic E-state index is -4.77. The van der Waals surface area contributed by atoms with Crippen LogP contribution in [0, 0.1) is 0 Å². The number of aromatic nitrogens is 1. The van der Waals surface area contributed by atoms with Crippen LogP contribution in [0.3, 0.4) is 0 Å². The molecular weight excluding hydrogens is 417 g/mol. The number of rotatable bonds is 5. The fourth-order valence-corrected chi connectivity index (χ4v) is 3.21. The second-order valence-corrected chi connectivity index (χ2v) is 6.94. The van der Waals surface area contributed by atoms with Gasteiger partial charge in [0.15, 0.2) is 0 Å². The van der Waals surface area contributed by atoms with Crippen molar-refractivity contribution in [3.8, 4) is 28.0 Å². The minimum absolute atomic E-state index is 0.312. The third-order valence-corrected chi connectivity index (χ3v) is 4.63. The van der Waals surface area contributed by atoms with Crippen LogP contribution in [0.4, 0.5) is 18.9 Å². The lowest BCUT2D eigenvalue weighted by molar-refractivity contribution is -0.274. The van der Waals surface area contributed by atoms with Crippen LogP contribution in [0.2, 0.25) is 0 Å². The quantitative estimate of drug-likeness (QED) is 0.387. The van der Waals surface area contributed by atoms with Gasteiger partial charge in [0.05, 0.1) is 5.56 Å². The number of carbonyl (C=O) groups excluding carboxylic acids is 1. The highest BCUT2D eigenvalue weighted by atomic mass is 19.4. The Bertz CT molecular complexity index is 1240. The molecular formula is C25H17F3N2O2. The van der Waals surface area contributed by atoms with Crippen molar-refractivity contribution in [2.45, 2.75) is 6.36 Å². The zero-order valence-electron chi connectivity index (χ0n) is 16.6. The minimum Gasteiger partial charge on any atom is -0.406 e. The molecule has 0 fully saturated rings. The summed E-state index contributed by atoms with van der Waals surface area (Å²) in [6, 6.07) is 23.8. The van der Waals surface area contributed by atoms with Crippen LogP contribution in [-0.2, 0) is 0 Å². The van der Waals surface area contributed by atoms with Crippen LogP contribution in [0.5, 0.6) is 5.75 Å². The molecule has 0 radical (unpaired) electrons. The molecule has 0 unspecified atom stereocenters. The molecule has 160 valence electrons. The second-order valence-electron chi connectivity index (χ2n) is 6.94. The molecule has 32 heavy (non-hydrogen) atoms. The van der Waals surface area contributed by atoms with E-state index >= 15 is 0 Å². The molecule has 1 N–H and O–H groups in total. The number of pyridine rings is 1. The molecule has 1 amide bonds. The first-order valence-corrected chi connectivity index (χ1v) is 9.65. The van der Waals surface area contributed by atoms with Crippen molar-refractivity contribution >= 4 is 11.6 Å². The Hall–Kier alpha value is -4.13. The van der Waals surface area contributed by atoms with E-state index in [0.717, 1.165) is 11.1 Å². The topological polar surface area (TPSA) is 51.2 Å². The first-order valence-electron chi connectivity index (χ1n) is 9.65. The average Bonchev–Trinajstić information content (AvgIpc) is 2.79. The van der Waals surface area contributed by atoms with Gasteiger partial charge in [-0.05, 0) is 47.0 Å². The number of halogens is 3. The highest BCUT2D eigenvalue weighted by Gasteiger charge is 2.31. The monoisotopic (exact) mass is 434 g/mol. The van der Waals surface area contributed by atoms with E-state index in [1.807, 2.05) is 30.3 Å². The summed E-state index contributed by atoms with van der Waals surface area (Å²) in [5.74, 6) is -0.658. The van der Waals surface area contributed by atoms with Crippen molar-refractivity contribution in [2.24, 2.45) is 0 Å². The van der Waals surface area contributed by atoms with Crippen LogP contribution >= 0.6 is 0 Å². The maximum atomic E-state index is 12.8. The molecule has 0 atom stereocenters. The summed E-state index contributed by atoms with van der Waals surface area (Å²) in [6.07, 6.45) is -1.61. The number of hydrogen-bond acceptors (Lipinski definition) is 3. The van der Waals surface area contributed by atoms with Crippen LogP contribution in [0.25, 0.3) is 22.3 Å². The summed E-state index contributed by atoms with van der Waals surface area (Å²) in [5, 5.41) is 2.81. The van der Waals surface area contributed by atoms with Crippen LogP contribution in [0.1, 0.15) is 10.4 Å². The Balaban J connectivity index is 1.54. The summed E-state index contributed by atoms with van der Waals surface area (Å²) >= 11 is 0. The number of hydrogen-bond donors (Lipinski definition) is 1. The van der Waals surface area contributed by atoms with Crippen LogP contribution < -0.4 is 10.1 Å². The molecule has 0 aliphatic heterocycles. The summed E-state index contributed by atoms with van der Waals surface area (Å²) in [4.78, 5) is 16.9. The van der Waals surface area contributed by atoms with Gasteiger partial charge < -0.3 is 10.1 Å². The largest absolute Gasteiger partial charge is 0.573 e. The third kappa shape index (κ3) is 5.31. The maximum absolute atomic E-state index is 12.8. The van der Waals surface area contributed by atoms with Gasteiger partial charge in [0.1, 0.15) is 5.75 Å². The van der Waals surface area contributed by atoms with E-state index in [4.69, 9.17) is 0 Å². The van der Waals surface area contributed by atoms with Gasteiger partial charge in [-0.3, -0.25) is 9.78 Å². The molecule has 7 heteroatoms. The van der Waals surface area contributed by atoms with Gasteiger partial charge in [0.25, 0.3) is 5.91 Å². The number of nitrogens with zero attached hydrogens (tertiary/aromatic N) is 1. The fraction of sp³-hybridized carbons (Fsp3) is 0.0400. The third-order valence-electron chi connectivity index (χ3n) is 4.63. The van der Waals surface area contributed by atoms with Gasteiger partial charge in [-0.2, -0.15) is 0 Å². The first-order chi connectivity index (χ1) is 15.4. The highest BCUT2D eigenvalue weighted by Crippen LogP contribution is 2.29. The smallest absolute Gasteiger partial charge is 0.406 e. The molecule has 0 saturated heterocycles. The number of benzene rings is 3. The zero-order chi connectivity index (χ0) is 22.6. The Morgan fingerprint density at radius 1 is 0.750 bits per heavy atom. The van der Waals surface area contributed by atoms with Crippen molar-refractivity contribution < 1.29 is 22.7 Å². The summed E-state index contributed by atoms with van der Waals surface area (Å²) < 4.78 is 41.5. The molecule has 4 nitrogen and oxygen atoms in total. The molecule has 0 saturated carbocycles. The normalized spacial score (nSPS) is 11.1. The Kier molecular flexibility index (Phi) is 5.89. The van der Waals surface area contributed by atoms with E-state index in [2.05, 4.69) is 15.0 Å². The average molecular weight is 434 g/mol. The van der Waals surface area contributed by atoms with Crippen molar-refractivity contribution in [2.75, 3.05) is 5.32 Å². The zero-order valence-corrected chi connectivity index (χ0v) is 16.6. The number of nitrogens with one attached hydrogen (secondary N) is 1. The van der Waals surface area contributed by atoms with Gasteiger partial charge in [-0.25, -0.2) is 0 Å². The van der Waals surface area contributed by atoms with Gasteiger partial charge in [0.2, 0.25) is 0 Å². The van der Waals surface area contributed by atoms with E-state index < -0.39 is 6.36 Å². The van der Waals surface area contributed by atoms with Crippen molar-refractivity contribution in [3.63, 3.8) is 0 Å². The molecule has 0 aliphatic carbocycles. The van der Waals surface area contributed by atoms with Crippen molar-refractivity contribution in [1.29, 1.82) is 0 Å². The summed E-state index contributed by atoms with van der Waals surface area (Å²) in [6.45, 7) is 0. The van der Waals surface area contributed by atoms with E-state index in [-0.39, 0.29) is 11.7 Å². The Morgan fingerprint density at radius 3 is 2.19 bits per heavy atom. The molecule has 1 aromatic heterocycles. The standard InChI is InChI=1S/C25H17F3N2O2/c26-25(27,28)32-23-11-5-9-19(14-23)18-8-4-10-22(13-18)30-24(31)21-12-20(15-29-16-21)17-6-2-1-3-7-17/h1-16H,(H,30,31). The Morgan fingerprint density at radius 2 is 1.44 bits per heavy atom. The van der Waals surface area contributed by atoms with Crippen molar-refractivity contribution in [3.05, 3.63) is 103 Å². The molecule has 0 spiro atoms. The molecule has 0 aliphatic rings. The van der Waals surface area contributed by atoms with Crippen molar-refractivity contribution in [1.82, 2.24) is 4.98 Å². The number of carbonyl (C=O) groups is 1. The lowest BCUT2D eigenvalue weighted by Gasteiger charge is -2.11. The molecule has 3 aromatic carbocycles.